The monoisotopic (exact) mass is 227 g/mol. The predicted molar refractivity (Wildman–Crippen MR) is 64.5 cm³/mol. The first-order valence-electron chi connectivity index (χ1n) is 6.73. The minimum atomic E-state index is 0.458. The molecule has 0 radical (unpaired) electrons. The van der Waals surface area contributed by atoms with Crippen LogP contribution in [0.4, 0.5) is 0 Å². The van der Waals surface area contributed by atoms with Crippen LogP contribution in [-0.2, 0) is 9.47 Å². The maximum Gasteiger partial charge on any atom is 0.0616 e. The molecule has 2 rings (SSSR count). The first-order chi connectivity index (χ1) is 7.86. The smallest absolute Gasteiger partial charge is 0.0616 e. The van der Waals surface area contributed by atoms with E-state index in [1.807, 2.05) is 0 Å². The largest absolute Gasteiger partial charge is 0.381 e. The Hall–Kier alpha value is -0.120. The Morgan fingerprint density at radius 2 is 2.19 bits per heavy atom. The summed E-state index contributed by atoms with van der Waals surface area (Å²) in [5.74, 6) is 1.36. The number of hydrogen-bond donors (Lipinski definition) is 1. The van der Waals surface area contributed by atoms with Crippen LogP contribution in [0.3, 0.4) is 0 Å². The molecule has 4 unspecified atom stereocenters. The molecule has 3 nitrogen and oxygen atoms in total. The molecule has 4 atom stereocenters. The van der Waals surface area contributed by atoms with Gasteiger partial charge in [0.15, 0.2) is 0 Å². The van der Waals surface area contributed by atoms with Gasteiger partial charge in [-0.3, -0.25) is 0 Å². The lowest BCUT2D eigenvalue weighted by atomic mass is 9.81. The van der Waals surface area contributed by atoms with Crippen LogP contribution in [0.5, 0.6) is 0 Å². The third-order valence-electron chi connectivity index (χ3n) is 4.16. The van der Waals surface area contributed by atoms with Gasteiger partial charge in [-0.2, -0.15) is 0 Å². The Morgan fingerprint density at radius 3 is 2.81 bits per heavy atom. The van der Waals surface area contributed by atoms with Gasteiger partial charge in [-0.05, 0) is 38.6 Å². The van der Waals surface area contributed by atoms with Gasteiger partial charge in [0.1, 0.15) is 0 Å². The summed E-state index contributed by atoms with van der Waals surface area (Å²) in [6.45, 7) is 5.05. The standard InChI is InChI=1S/C13H25NO2/c1-3-12-11(6-8-16-12)13(14-2)10-5-4-7-15-9-10/h10-14H,3-9H2,1-2H3. The van der Waals surface area contributed by atoms with Gasteiger partial charge in [0.05, 0.1) is 12.7 Å². The Kier molecular flexibility index (Phi) is 4.62. The van der Waals surface area contributed by atoms with E-state index < -0.39 is 0 Å². The van der Waals surface area contributed by atoms with Gasteiger partial charge in [-0.1, -0.05) is 6.92 Å². The summed E-state index contributed by atoms with van der Waals surface area (Å²) in [7, 11) is 2.09. The van der Waals surface area contributed by atoms with Crippen molar-refractivity contribution in [1.29, 1.82) is 0 Å². The van der Waals surface area contributed by atoms with E-state index in [9.17, 15) is 0 Å². The van der Waals surface area contributed by atoms with Crippen molar-refractivity contribution in [3.05, 3.63) is 0 Å². The van der Waals surface area contributed by atoms with Crippen LogP contribution in [0.1, 0.15) is 32.6 Å². The molecule has 2 saturated heterocycles. The highest BCUT2D eigenvalue weighted by molar-refractivity contribution is 4.90. The van der Waals surface area contributed by atoms with Crippen LogP contribution in [0, 0.1) is 11.8 Å². The maximum atomic E-state index is 5.81. The predicted octanol–water partition coefficient (Wildman–Crippen LogP) is 1.82. The van der Waals surface area contributed by atoms with Gasteiger partial charge in [0, 0.05) is 25.2 Å². The molecule has 1 N–H and O–H groups in total. The normalized spacial score (nSPS) is 37.5. The van der Waals surface area contributed by atoms with Gasteiger partial charge >= 0.3 is 0 Å². The van der Waals surface area contributed by atoms with Crippen molar-refractivity contribution in [2.75, 3.05) is 26.9 Å². The van der Waals surface area contributed by atoms with Gasteiger partial charge < -0.3 is 14.8 Å². The minimum Gasteiger partial charge on any atom is -0.381 e. The van der Waals surface area contributed by atoms with Crippen molar-refractivity contribution in [3.63, 3.8) is 0 Å². The zero-order valence-corrected chi connectivity index (χ0v) is 10.6. The molecule has 0 aromatic rings. The second-order valence-electron chi connectivity index (χ2n) is 5.06. The maximum absolute atomic E-state index is 5.81. The lowest BCUT2D eigenvalue weighted by molar-refractivity contribution is 0.0148. The summed E-state index contributed by atoms with van der Waals surface area (Å²) in [4.78, 5) is 0. The molecule has 0 amide bonds. The Balaban J connectivity index is 1.97. The van der Waals surface area contributed by atoms with Crippen molar-refractivity contribution >= 4 is 0 Å². The molecule has 0 bridgehead atoms. The molecule has 0 aromatic carbocycles. The summed E-state index contributed by atoms with van der Waals surface area (Å²) in [5.41, 5.74) is 0. The average Bonchev–Trinajstić information content (AvgIpc) is 2.80. The average molecular weight is 227 g/mol. The van der Waals surface area contributed by atoms with E-state index >= 15 is 0 Å². The van der Waals surface area contributed by atoms with Crippen molar-refractivity contribution < 1.29 is 9.47 Å². The SMILES string of the molecule is CCC1OCCC1C(NC)C1CCCOC1. The first kappa shape index (κ1) is 12.3. The van der Waals surface area contributed by atoms with E-state index in [4.69, 9.17) is 9.47 Å². The zero-order valence-electron chi connectivity index (χ0n) is 10.6. The van der Waals surface area contributed by atoms with Gasteiger partial charge in [-0.25, -0.2) is 0 Å². The fraction of sp³-hybridized carbons (Fsp3) is 1.00. The van der Waals surface area contributed by atoms with Crippen molar-refractivity contribution in [2.24, 2.45) is 11.8 Å². The molecule has 2 aliphatic rings. The fourth-order valence-corrected chi connectivity index (χ4v) is 3.34. The molecule has 0 saturated carbocycles. The third kappa shape index (κ3) is 2.58. The van der Waals surface area contributed by atoms with Crippen molar-refractivity contribution in [2.45, 2.75) is 44.8 Å². The Bertz CT molecular complexity index is 204. The molecule has 94 valence electrons. The van der Waals surface area contributed by atoms with E-state index in [0.29, 0.717) is 24.0 Å². The van der Waals surface area contributed by atoms with Crippen molar-refractivity contribution in [3.8, 4) is 0 Å². The van der Waals surface area contributed by atoms with Crippen LogP contribution >= 0.6 is 0 Å². The van der Waals surface area contributed by atoms with Gasteiger partial charge in [-0.15, -0.1) is 0 Å². The number of rotatable bonds is 4. The molecule has 0 spiro atoms. The summed E-state index contributed by atoms with van der Waals surface area (Å²) in [6.07, 6.45) is 5.32. The molecule has 2 fully saturated rings. The Labute approximate surface area is 98.9 Å². The highest BCUT2D eigenvalue weighted by Gasteiger charge is 2.37. The molecule has 0 aliphatic carbocycles. The molecule has 0 aromatic heterocycles. The van der Waals surface area contributed by atoms with Crippen LogP contribution in [0.15, 0.2) is 0 Å². The van der Waals surface area contributed by atoms with E-state index in [-0.39, 0.29) is 0 Å². The highest BCUT2D eigenvalue weighted by Crippen LogP contribution is 2.32. The second-order valence-corrected chi connectivity index (χ2v) is 5.06. The molecule has 3 heteroatoms. The van der Waals surface area contributed by atoms with Gasteiger partial charge in [0.2, 0.25) is 0 Å². The fourth-order valence-electron chi connectivity index (χ4n) is 3.34. The van der Waals surface area contributed by atoms with Crippen LogP contribution in [-0.4, -0.2) is 39.0 Å². The van der Waals surface area contributed by atoms with Crippen LogP contribution in [0.25, 0.3) is 0 Å². The second kappa shape index (κ2) is 5.99. The molecular weight excluding hydrogens is 202 g/mol. The van der Waals surface area contributed by atoms with E-state index in [1.165, 1.54) is 19.3 Å². The van der Waals surface area contributed by atoms with Crippen LogP contribution in [0.2, 0.25) is 0 Å². The van der Waals surface area contributed by atoms with E-state index in [1.54, 1.807) is 0 Å². The lowest BCUT2D eigenvalue weighted by Gasteiger charge is -2.35. The van der Waals surface area contributed by atoms with Gasteiger partial charge in [0.25, 0.3) is 0 Å². The first-order valence-corrected chi connectivity index (χ1v) is 6.73. The van der Waals surface area contributed by atoms with E-state index in [2.05, 4.69) is 19.3 Å². The minimum absolute atomic E-state index is 0.458. The molecule has 2 heterocycles. The number of ether oxygens (including phenoxy) is 2. The topological polar surface area (TPSA) is 30.5 Å². The quantitative estimate of drug-likeness (QED) is 0.794. The highest BCUT2D eigenvalue weighted by atomic mass is 16.5. The molecule has 16 heavy (non-hydrogen) atoms. The van der Waals surface area contributed by atoms with Crippen molar-refractivity contribution in [1.82, 2.24) is 5.32 Å². The third-order valence-corrected chi connectivity index (χ3v) is 4.16. The number of nitrogens with one attached hydrogen (secondary N) is 1. The summed E-state index contributed by atoms with van der Waals surface area (Å²) in [6, 6.07) is 0.577. The molecular formula is C13H25NO2. The summed E-state index contributed by atoms with van der Waals surface area (Å²) in [5, 5.41) is 3.52. The zero-order chi connectivity index (χ0) is 11.4. The van der Waals surface area contributed by atoms with Crippen LogP contribution < -0.4 is 5.32 Å². The summed E-state index contributed by atoms with van der Waals surface area (Å²) < 4.78 is 11.4. The van der Waals surface area contributed by atoms with E-state index in [0.717, 1.165) is 26.2 Å². The Morgan fingerprint density at radius 1 is 1.31 bits per heavy atom. The molecule has 2 aliphatic heterocycles. The lowest BCUT2D eigenvalue weighted by Crippen LogP contribution is -2.46. The summed E-state index contributed by atoms with van der Waals surface area (Å²) >= 11 is 0. The number of hydrogen-bond acceptors (Lipinski definition) is 3.